The van der Waals surface area contributed by atoms with Crippen molar-refractivity contribution in [2.45, 2.75) is 21.1 Å². The zero-order chi connectivity index (χ0) is 35.4. The van der Waals surface area contributed by atoms with Gasteiger partial charge in [-0.25, -0.2) is 12.7 Å². The second kappa shape index (κ2) is 8.85. The Kier molecular flexibility index (Phi) is 2.79. The number of sulfonamides is 1. The number of hydrogen-bond acceptors (Lipinski definition) is 5. The monoisotopic (exact) mass is 459 g/mol. The lowest BCUT2D eigenvalue weighted by molar-refractivity contribution is 0.156. The molecule has 7 heteroatoms. The van der Waals surface area contributed by atoms with Gasteiger partial charge in [0.15, 0.2) is 0 Å². The Balaban J connectivity index is 2.04. The van der Waals surface area contributed by atoms with Gasteiger partial charge < -0.3 is 9.80 Å². The van der Waals surface area contributed by atoms with Crippen LogP contribution in [0.25, 0.3) is 5.57 Å². The van der Waals surface area contributed by atoms with Gasteiger partial charge in [-0.1, -0.05) is 36.0 Å². The van der Waals surface area contributed by atoms with Crippen molar-refractivity contribution in [2.24, 2.45) is 0 Å². The van der Waals surface area contributed by atoms with Crippen LogP contribution in [0.15, 0.2) is 63.2 Å². The molecule has 2 heterocycles. The van der Waals surface area contributed by atoms with E-state index in [-0.39, 0.29) is 21.6 Å². The molecule has 0 bridgehead atoms. The molecule has 5 nitrogen and oxygen atoms in total. The Bertz CT molecular complexity index is 1680. The van der Waals surface area contributed by atoms with Gasteiger partial charge in [-0.05, 0) is 54.3 Å². The molecule has 2 aliphatic heterocycles. The molecule has 2 aliphatic rings. The minimum Gasteiger partial charge on any atom is -0.304 e. The maximum Gasteiger partial charge on any atom is 0.242 e. The van der Waals surface area contributed by atoms with Crippen molar-refractivity contribution in [2.75, 3.05) is 53.6 Å². The average molecular weight is 460 g/mol. The van der Waals surface area contributed by atoms with Crippen LogP contribution < -0.4 is 0 Å². The Morgan fingerprint density at radius 1 is 1.17 bits per heavy atom. The fourth-order valence-corrected chi connectivity index (χ4v) is 4.78. The van der Waals surface area contributed by atoms with E-state index in [0.29, 0.717) is 9.79 Å². The molecule has 0 aromatic heterocycles. The lowest BCUT2D eigenvalue weighted by atomic mass is 9.96. The Labute approximate surface area is 206 Å². The molecule has 0 saturated carbocycles. The number of piperazine rings is 1. The van der Waals surface area contributed by atoms with Crippen molar-refractivity contribution < 1.29 is 30.3 Å². The van der Waals surface area contributed by atoms with Gasteiger partial charge in [-0.15, -0.1) is 0 Å². The maximum absolute atomic E-state index is 13.0. The standard InChI is InChI=1S/C23H29N3O2S2/c1-24(2)30(27,28)18-10-11-23-21(17-18)19(20-7-4-5-9-22(20)29-23)8-6-12-26-15-13-25(3)14-16-26/h4-5,7-11,17H,6,12-16H2,1-3H3/b19-8-/i3D3,6D2,8D,12D2,13D2,14D2,15D2,16D2. The van der Waals surface area contributed by atoms with Gasteiger partial charge in [-0.2, -0.15) is 0 Å². The van der Waals surface area contributed by atoms with Gasteiger partial charge in [0.05, 0.1) is 6.27 Å². The van der Waals surface area contributed by atoms with Gasteiger partial charge in [0.1, 0.15) is 0 Å². The third-order valence-corrected chi connectivity index (χ3v) is 7.24. The summed E-state index contributed by atoms with van der Waals surface area (Å²) in [4.78, 5) is -0.773. The number of likely N-dealkylation sites (N-methyl/N-ethyl adjacent to an activating group) is 1. The van der Waals surface area contributed by atoms with E-state index >= 15 is 0 Å². The summed E-state index contributed by atoms with van der Waals surface area (Å²) in [5.74, 6) is 0. The second-order valence-corrected chi connectivity index (χ2v) is 9.63. The highest BCUT2D eigenvalue weighted by Crippen LogP contribution is 2.46. The van der Waals surface area contributed by atoms with E-state index in [1.165, 1.54) is 38.4 Å². The summed E-state index contributed by atoms with van der Waals surface area (Å²) in [6.07, 6.45) is -3.79. The van der Waals surface area contributed by atoms with E-state index in [0.717, 1.165) is 22.1 Å². The van der Waals surface area contributed by atoms with Crippen molar-refractivity contribution in [3.8, 4) is 0 Å². The Morgan fingerprint density at radius 2 is 1.90 bits per heavy atom. The third kappa shape index (κ3) is 4.36. The van der Waals surface area contributed by atoms with Gasteiger partial charge in [-0.3, -0.25) is 0 Å². The minimum absolute atomic E-state index is 0.0137. The van der Waals surface area contributed by atoms with E-state index in [1.807, 2.05) is 0 Å². The topological polar surface area (TPSA) is 43.9 Å². The van der Waals surface area contributed by atoms with E-state index < -0.39 is 71.7 Å². The average Bonchev–Trinajstić information content (AvgIpc) is 2.88. The predicted molar refractivity (Wildman–Crippen MR) is 124 cm³/mol. The molecule has 2 aromatic rings. The molecule has 0 radical (unpaired) electrons. The van der Waals surface area contributed by atoms with Crippen LogP contribution in [0.2, 0.25) is 0 Å². The van der Waals surface area contributed by atoms with Crippen molar-refractivity contribution in [3.63, 3.8) is 0 Å². The lowest BCUT2D eigenvalue weighted by Gasteiger charge is -2.32. The molecule has 2 aromatic carbocycles. The SMILES string of the molecule is [2H]/C(=C1\c2ccccc2Sc2ccc(S(=O)(=O)N(C)C)cc21)C([2H])([2H])C([2H])([2H])N1C([2H])([2H])C([2H])([2H])N(C([2H])([2H])[2H])C([2H])([2H])C1([2H])[2H]. The zero-order valence-corrected chi connectivity index (χ0v) is 17.6. The fourth-order valence-electron chi connectivity index (χ4n) is 2.78. The predicted octanol–water partition coefficient (Wildman–Crippen LogP) is 3.47. The van der Waals surface area contributed by atoms with E-state index in [2.05, 4.69) is 0 Å². The zero-order valence-electron chi connectivity index (χ0n) is 32.0. The van der Waals surface area contributed by atoms with Crippen molar-refractivity contribution in [1.82, 2.24) is 14.1 Å². The fraction of sp³-hybridized carbons (Fsp3) is 0.391. The van der Waals surface area contributed by atoms with Crippen LogP contribution in [0, 0.1) is 0 Å². The molecule has 0 spiro atoms. The van der Waals surface area contributed by atoms with Gasteiger partial charge in [0.2, 0.25) is 10.0 Å². The molecule has 160 valence electrons. The van der Waals surface area contributed by atoms with Crippen LogP contribution in [0.3, 0.4) is 0 Å². The van der Waals surface area contributed by atoms with Crippen LogP contribution in [-0.4, -0.2) is 76.1 Å². The summed E-state index contributed by atoms with van der Waals surface area (Å²) in [6, 6.07) is 8.87. The first-order valence-corrected chi connectivity index (χ1v) is 10.9. The van der Waals surface area contributed by atoms with Gasteiger partial charge in [0.25, 0.3) is 0 Å². The van der Waals surface area contributed by atoms with E-state index in [4.69, 9.17) is 21.9 Å². The molecule has 0 N–H and O–H groups in total. The Morgan fingerprint density at radius 3 is 2.63 bits per heavy atom. The summed E-state index contributed by atoms with van der Waals surface area (Å²) in [5.41, 5.74) is -0.185. The molecule has 30 heavy (non-hydrogen) atoms. The molecule has 1 fully saturated rings. The van der Waals surface area contributed by atoms with E-state index in [1.54, 1.807) is 12.1 Å². The molecule has 0 aliphatic carbocycles. The van der Waals surface area contributed by atoms with Crippen LogP contribution in [0.5, 0.6) is 0 Å². The number of benzene rings is 2. The summed E-state index contributed by atoms with van der Waals surface area (Å²) in [7, 11) is -1.50. The summed E-state index contributed by atoms with van der Waals surface area (Å²) < 4.78 is 161. The molecule has 4 rings (SSSR count). The van der Waals surface area contributed by atoms with Crippen LogP contribution in [-0.2, 0) is 10.0 Å². The quantitative estimate of drug-likeness (QED) is 0.585. The second-order valence-electron chi connectivity index (χ2n) is 6.40. The largest absolute Gasteiger partial charge is 0.304 e. The smallest absolute Gasteiger partial charge is 0.242 e. The van der Waals surface area contributed by atoms with Crippen molar-refractivity contribution in [1.29, 1.82) is 0 Å². The lowest BCUT2D eigenvalue weighted by Crippen LogP contribution is -2.44. The summed E-state index contributed by atoms with van der Waals surface area (Å²) in [5, 5.41) is 0. The van der Waals surface area contributed by atoms with Crippen LogP contribution >= 0.6 is 11.8 Å². The molecule has 1 saturated heterocycles. The van der Waals surface area contributed by atoms with Crippen LogP contribution in [0.4, 0.5) is 0 Å². The van der Waals surface area contributed by atoms with Crippen molar-refractivity contribution >= 4 is 27.4 Å². The molecular weight excluding hydrogens is 414 g/mol. The summed E-state index contributed by atoms with van der Waals surface area (Å²) in [6.45, 7) is -24.0. The Hall–Kier alpha value is -1.64. The first-order chi connectivity index (χ1) is 20.5. The van der Waals surface area contributed by atoms with Crippen LogP contribution in [0.1, 0.15) is 39.4 Å². The van der Waals surface area contributed by atoms with Gasteiger partial charge >= 0.3 is 0 Å². The highest BCUT2D eigenvalue weighted by Gasteiger charge is 2.25. The molecule has 0 amide bonds. The minimum atomic E-state index is -4.10. The number of hydrogen-bond donors (Lipinski definition) is 0. The van der Waals surface area contributed by atoms with Crippen molar-refractivity contribution in [3.05, 3.63) is 59.6 Å². The third-order valence-electron chi connectivity index (χ3n) is 4.28. The molecule has 0 atom stereocenters. The summed E-state index contributed by atoms with van der Waals surface area (Å²) >= 11 is 1.15. The number of nitrogens with zero attached hydrogens (tertiary/aromatic N) is 3. The normalized spacial score (nSPS) is 35.4. The number of rotatable bonds is 5. The first-order valence-electron chi connectivity index (χ1n) is 16.7. The highest BCUT2D eigenvalue weighted by atomic mass is 32.2. The molecular formula is C23H29N3O2S2. The highest BCUT2D eigenvalue weighted by molar-refractivity contribution is 7.99. The maximum atomic E-state index is 13.0. The number of fused-ring (bicyclic) bond motifs is 2. The first kappa shape index (κ1) is 9.46. The molecule has 0 unspecified atom stereocenters. The van der Waals surface area contributed by atoms with Gasteiger partial charge in [0, 0.05) is 76.9 Å². The van der Waals surface area contributed by atoms with E-state index in [9.17, 15) is 8.42 Å².